The molecule has 0 amide bonds. The highest BCUT2D eigenvalue weighted by Gasteiger charge is 2.32. The molecule has 13 heteroatoms. The summed E-state index contributed by atoms with van der Waals surface area (Å²) in [5.74, 6) is 0.499. The van der Waals surface area contributed by atoms with Gasteiger partial charge in [-0.1, -0.05) is 0 Å². The molecule has 3 aromatic heterocycles. The number of fused-ring (bicyclic) bond motifs is 1. The molecule has 1 saturated carbocycles. The first-order valence-electron chi connectivity index (χ1n) is 11.0. The van der Waals surface area contributed by atoms with Crippen LogP contribution in [0.1, 0.15) is 43.7 Å². The lowest BCUT2D eigenvalue weighted by atomic mass is 9.82. The van der Waals surface area contributed by atoms with Crippen LogP contribution in [0.3, 0.4) is 0 Å². The molecule has 0 bridgehead atoms. The Bertz CT molecular complexity index is 1370. The van der Waals surface area contributed by atoms with E-state index in [-0.39, 0.29) is 46.2 Å². The summed E-state index contributed by atoms with van der Waals surface area (Å²) >= 11 is 0. The number of nitrogens with zero attached hydrogens (tertiary/aromatic N) is 4. The predicted molar refractivity (Wildman–Crippen MR) is 124 cm³/mol. The lowest BCUT2D eigenvalue weighted by molar-refractivity contribution is -0.137. The largest absolute Gasteiger partial charge is 0.417 e. The van der Waals surface area contributed by atoms with Gasteiger partial charge >= 0.3 is 6.18 Å². The average molecular weight is 508 g/mol. The van der Waals surface area contributed by atoms with Crippen LogP contribution in [-0.2, 0) is 16.2 Å². The minimum Gasteiger partial charge on any atom is -0.351 e. The predicted octanol–water partition coefficient (Wildman–Crippen LogP) is 3.82. The first kappa shape index (κ1) is 24.9. The molecule has 4 rings (SSSR count). The van der Waals surface area contributed by atoms with Crippen molar-refractivity contribution < 1.29 is 21.6 Å². The maximum Gasteiger partial charge on any atom is 0.417 e. The van der Waals surface area contributed by atoms with Gasteiger partial charge in [0.25, 0.3) is 0 Å². The van der Waals surface area contributed by atoms with Crippen LogP contribution in [0.25, 0.3) is 22.3 Å². The summed E-state index contributed by atoms with van der Waals surface area (Å²) in [6.07, 6.45) is 3.20. The van der Waals surface area contributed by atoms with Gasteiger partial charge in [0, 0.05) is 35.4 Å². The number of H-pyrrole nitrogens is 1. The van der Waals surface area contributed by atoms with E-state index in [1.807, 2.05) is 13.0 Å². The lowest BCUT2D eigenvalue weighted by Crippen LogP contribution is -2.39. The topological polar surface area (TPSA) is 136 Å². The van der Waals surface area contributed by atoms with Gasteiger partial charge in [-0.05, 0) is 44.6 Å². The Morgan fingerprint density at radius 1 is 1.20 bits per heavy atom. The molecule has 0 unspecified atom stereocenters. The normalized spacial score (nSPS) is 19.9. The Kier molecular flexibility index (Phi) is 6.70. The third-order valence-corrected chi connectivity index (χ3v) is 7.00. The zero-order valence-corrected chi connectivity index (χ0v) is 19.8. The lowest BCUT2D eigenvalue weighted by Gasteiger charge is -2.32. The Morgan fingerprint density at radius 2 is 1.91 bits per heavy atom. The molecule has 35 heavy (non-hydrogen) atoms. The monoisotopic (exact) mass is 507 g/mol. The van der Waals surface area contributed by atoms with Crippen LogP contribution in [0.15, 0.2) is 24.7 Å². The number of sulfonamides is 1. The number of halogens is 3. The third kappa shape index (κ3) is 5.71. The number of anilines is 1. The van der Waals surface area contributed by atoms with Crippen molar-refractivity contribution in [1.29, 1.82) is 5.26 Å². The minimum atomic E-state index is -4.56. The summed E-state index contributed by atoms with van der Waals surface area (Å²) in [7, 11) is -3.25. The van der Waals surface area contributed by atoms with Crippen LogP contribution in [-0.4, -0.2) is 46.7 Å². The summed E-state index contributed by atoms with van der Waals surface area (Å²) in [5.41, 5.74) is -0.00990. The zero-order valence-electron chi connectivity index (χ0n) is 19.0. The van der Waals surface area contributed by atoms with Crippen molar-refractivity contribution >= 4 is 27.0 Å². The highest BCUT2D eigenvalue weighted by molar-refractivity contribution is 7.88. The number of nitriles is 1. The smallest absolute Gasteiger partial charge is 0.351 e. The molecule has 1 atom stereocenters. The van der Waals surface area contributed by atoms with E-state index in [9.17, 15) is 26.9 Å². The number of hydrogen-bond acceptors (Lipinski definition) is 7. The quantitative estimate of drug-likeness (QED) is 0.461. The number of rotatable bonds is 6. The van der Waals surface area contributed by atoms with Gasteiger partial charge < -0.3 is 10.3 Å². The van der Waals surface area contributed by atoms with Crippen LogP contribution in [0, 0.1) is 17.2 Å². The number of aromatic nitrogens is 4. The molecule has 9 nitrogen and oxygen atoms in total. The first-order valence-corrected chi connectivity index (χ1v) is 12.9. The SMILES string of the molecule is C[C@@H](Nc1ncc(C#N)c(-c2c[nH]c3ncc(C(F)(F)F)cc23)n1)C1CCC(NS(C)(=O)=O)CC1. The van der Waals surface area contributed by atoms with Gasteiger partial charge in [0.05, 0.1) is 29.3 Å². The molecular formula is C22H24F3N7O2S. The van der Waals surface area contributed by atoms with Crippen LogP contribution in [0.4, 0.5) is 19.1 Å². The zero-order chi connectivity index (χ0) is 25.4. The molecule has 0 spiro atoms. The second-order valence-electron chi connectivity index (χ2n) is 8.82. The van der Waals surface area contributed by atoms with Gasteiger partial charge in [0.2, 0.25) is 16.0 Å². The maximum absolute atomic E-state index is 13.2. The van der Waals surface area contributed by atoms with Gasteiger partial charge in [0.1, 0.15) is 11.7 Å². The Morgan fingerprint density at radius 3 is 2.54 bits per heavy atom. The molecule has 1 aliphatic carbocycles. The van der Waals surface area contributed by atoms with Crippen molar-refractivity contribution in [2.75, 3.05) is 11.6 Å². The second-order valence-corrected chi connectivity index (χ2v) is 10.6. The molecule has 0 aliphatic heterocycles. The van der Waals surface area contributed by atoms with Crippen molar-refractivity contribution in [1.82, 2.24) is 24.7 Å². The Labute approximate surface area is 200 Å². The summed E-state index contributed by atoms with van der Waals surface area (Å²) in [6.45, 7) is 1.97. The summed E-state index contributed by atoms with van der Waals surface area (Å²) in [4.78, 5) is 15.4. The van der Waals surface area contributed by atoms with Crippen LogP contribution in [0.2, 0.25) is 0 Å². The average Bonchev–Trinajstić information content (AvgIpc) is 3.21. The third-order valence-electron chi connectivity index (χ3n) is 6.24. The fourth-order valence-electron chi connectivity index (χ4n) is 4.45. The number of aromatic amines is 1. The number of alkyl halides is 3. The van der Waals surface area contributed by atoms with Gasteiger partial charge in [-0.3, -0.25) is 0 Å². The number of nitrogens with one attached hydrogen (secondary N) is 3. The second kappa shape index (κ2) is 9.43. The van der Waals surface area contributed by atoms with E-state index in [1.54, 1.807) is 0 Å². The fourth-order valence-corrected chi connectivity index (χ4v) is 5.30. The molecule has 3 heterocycles. The molecule has 3 N–H and O–H groups in total. The molecule has 1 fully saturated rings. The van der Waals surface area contributed by atoms with Gasteiger partial charge in [-0.2, -0.15) is 18.4 Å². The van der Waals surface area contributed by atoms with Crippen molar-refractivity contribution in [3.63, 3.8) is 0 Å². The van der Waals surface area contributed by atoms with Crippen molar-refractivity contribution in [2.24, 2.45) is 5.92 Å². The van der Waals surface area contributed by atoms with Crippen molar-refractivity contribution in [3.05, 3.63) is 35.8 Å². The summed E-state index contributed by atoms with van der Waals surface area (Å²) in [6, 6.07) is 2.85. The molecule has 0 radical (unpaired) electrons. The van der Waals surface area contributed by atoms with E-state index in [4.69, 9.17) is 0 Å². The highest BCUT2D eigenvalue weighted by atomic mass is 32.2. The van der Waals surface area contributed by atoms with E-state index >= 15 is 0 Å². The summed E-state index contributed by atoms with van der Waals surface area (Å²) < 4.78 is 65.2. The van der Waals surface area contributed by atoms with E-state index < -0.39 is 21.8 Å². The molecule has 3 aromatic rings. The minimum absolute atomic E-state index is 0.0450. The van der Waals surface area contributed by atoms with Gasteiger partial charge in [-0.25, -0.2) is 28.1 Å². The van der Waals surface area contributed by atoms with Crippen molar-refractivity contribution in [3.8, 4) is 17.3 Å². The molecule has 0 saturated heterocycles. The van der Waals surface area contributed by atoms with Crippen LogP contribution >= 0.6 is 0 Å². The molecule has 0 aromatic carbocycles. The standard InChI is InChI=1S/C22H24F3N7O2S/c1-12(13-3-5-16(6-4-13)32-35(2,33)34)30-21-29-9-14(8-26)19(31-21)18-11-28-20-17(18)7-15(10-27-20)22(23,24)25/h7,9-13,16,32H,3-6H2,1-2H3,(H,27,28)(H,29,30,31)/t12-,13?,16?/m1/s1. The van der Waals surface area contributed by atoms with E-state index in [0.717, 1.165) is 31.4 Å². The van der Waals surface area contributed by atoms with Crippen LogP contribution < -0.4 is 10.0 Å². The molecule has 186 valence electrons. The Hall–Kier alpha value is -3.24. The maximum atomic E-state index is 13.2. The van der Waals surface area contributed by atoms with Gasteiger partial charge in [0.15, 0.2) is 0 Å². The van der Waals surface area contributed by atoms with E-state index in [1.165, 1.54) is 12.4 Å². The van der Waals surface area contributed by atoms with Crippen molar-refractivity contribution in [2.45, 2.75) is 50.9 Å². The number of hydrogen-bond donors (Lipinski definition) is 3. The summed E-state index contributed by atoms with van der Waals surface area (Å²) in [5, 5.41) is 13.0. The van der Waals surface area contributed by atoms with Gasteiger partial charge in [-0.15, -0.1) is 0 Å². The highest BCUT2D eigenvalue weighted by Crippen LogP contribution is 2.35. The first-order chi connectivity index (χ1) is 16.4. The molecule has 1 aliphatic rings. The van der Waals surface area contributed by atoms with Crippen LogP contribution in [0.5, 0.6) is 0 Å². The molecular weight excluding hydrogens is 483 g/mol. The Balaban J connectivity index is 1.56. The van der Waals surface area contributed by atoms with E-state index in [0.29, 0.717) is 18.4 Å². The van der Waals surface area contributed by atoms with E-state index in [2.05, 4.69) is 30.0 Å². The number of pyridine rings is 1. The fraction of sp³-hybridized carbons (Fsp3) is 0.455.